The van der Waals surface area contributed by atoms with Gasteiger partial charge in [0.15, 0.2) is 11.5 Å². The van der Waals surface area contributed by atoms with Gasteiger partial charge in [-0.1, -0.05) is 6.92 Å². The number of anilines is 1. The standard InChI is InChI=1S/C15H15BrN4O/c1-2-5-20-9-11(8-19-20)21-14-4-3-13(17)12-6-10(16)7-18-15(12)14/h3-4,6-9H,2,5,17H2,1H3. The number of rotatable bonds is 4. The predicted octanol–water partition coefficient (Wildman–Crippen LogP) is 3.98. The monoisotopic (exact) mass is 346 g/mol. The first-order chi connectivity index (χ1) is 10.2. The van der Waals surface area contributed by atoms with Crippen molar-refractivity contribution in [3.8, 4) is 11.5 Å². The predicted molar refractivity (Wildman–Crippen MR) is 86.4 cm³/mol. The molecule has 0 atom stereocenters. The van der Waals surface area contributed by atoms with Crippen LogP contribution in [0.4, 0.5) is 5.69 Å². The lowest BCUT2D eigenvalue weighted by Gasteiger charge is -2.08. The first kappa shape index (κ1) is 13.9. The highest BCUT2D eigenvalue weighted by atomic mass is 79.9. The zero-order valence-corrected chi connectivity index (χ0v) is 13.2. The SMILES string of the molecule is CCCn1cc(Oc2ccc(N)c3cc(Br)cnc23)cn1. The van der Waals surface area contributed by atoms with E-state index in [0.29, 0.717) is 17.2 Å². The molecule has 0 amide bonds. The molecular weight excluding hydrogens is 332 g/mol. The zero-order valence-electron chi connectivity index (χ0n) is 11.6. The molecule has 0 aliphatic heterocycles. The van der Waals surface area contributed by atoms with Gasteiger partial charge in [-0.25, -0.2) is 0 Å². The van der Waals surface area contributed by atoms with Gasteiger partial charge in [0.2, 0.25) is 0 Å². The number of nitrogens with two attached hydrogens (primary N) is 1. The van der Waals surface area contributed by atoms with E-state index in [1.807, 2.05) is 29.1 Å². The van der Waals surface area contributed by atoms with Gasteiger partial charge >= 0.3 is 0 Å². The Balaban J connectivity index is 1.98. The summed E-state index contributed by atoms with van der Waals surface area (Å²) in [4.78, 5) is 4.40. The maximum atomic E-state index is 6.00. The van der Waals surface area contributed by atoms with Crippen molar-refractivity contribution in [2.75, 3.05) is 5.73 Å². The van der Waals surface area contributed by atoms with Gasteiger partial charge in [0, 0.05) is 28.3 Å². The van der Waals surface area contributed by atoms with Gasteiger partial charge < -0.3 is 10.5 Å². The topological polar surface area (TPSA) is 66.0 Å². The van der Waals surface area contributed by atoms with E-state index < -0.39 is 0 Å². The lowest BCUT2D eigenvalue weighted by atomic mass is 10.1. The number of nitrogens with zero attached hydrogens (tertiary/aromatic N) is 3. The van der Waals surface area contributed by atoms with Crippen molar-refractivity contribution in [1.82, 2.24) is 14.8 Å². The maximum Gasteiger partial charge on any atom is 0.165 e. The molecule has 3 rings (SSSR count). The summed E-state index contributed by atoms with van der Waals surface area (Å²) in [5, 5.41) is 5.12. The molecule has 5 nitrogen and oxygen atoms in total. The van der Waals surface area contributed by atoms with Crippen molar-refractivity contribution in [2.45, 2.75) is 19.9 Å². The number of aryl methyl sites for hydroxylation is 1. The maximum absolute atomic E-state index is 6.00. The summed E-state index contributed by atoms with van der Waals surface area (Å²) < 4.78 is 8.64. The number of hydrogen-bond acceptors (Lipinski definition) is 4. The molecule has 21 heavy (non-hydrogen) atoms. The average molecular weight is 347 g/mol. The molecule has 0 spiro atoms. The lowest BCUT2D eigenvalue weighted by molar-refractivity contribution is 0.485. The van der Waals surface area contributed by atoms with Crippen molar-refractivity contribution in [2.24, 2.45) is 0 Å². The van der Waals surface area contributed by atoms with Gasteiger partial charge in [0.05, 0.1) is 12.4 Å². The number of halogens is 1. The Hall–Kier alpha value is -2.08. The minimum Gasteiger partial charge on any atom is -0.452 e. The first-order valence-corrected chi connectivity index (χ1v) is 7.50. The highest BCUT2D eigenvalue weighted by Crippen LogP contribution is 2.33. The van der Waals surface area contributed by atoms with E-state index in [2.05, 4.69) is 32.9 Å². The van der Waals surface area contributed by atoms with Crippen LogP contribution < -0.4 is 10.5 Å². The van der Waals surface area contributed by atoms with Crippen LogP contribution in [0.25, 0.3) is 10.9 Å². The molecule has 0 saturated heterocycles. The Morgan fingerprint density at radius 1 is 1.33 bits per heavy atom. The van der Waals surface area contributed by atoms with Crippen LogP contribution in [0.15, 0.2) is 41.3 Å². The van der Waals surface area contributed by atoms with Crippen molar-refractivity contribution in [3.05, 3.63) is 41.3 Å². The van der Waals surface area contributed by atoms with Crippen molar-refractivity contribution in [3.63, 3.8) is 0 Å². The van der Waals surface area contributed by atoms with Gasteiger partial charge in [-0.2, -0.15) is 5.10 Å². The number of benzene rings is 1. The fourth-order valence-electron chi connectivity index (χ4n) is 2.15. The molecule has 0 aliphatic rings. The smallest absolute Gasteiger partial charge is 0.165 e. The van der Waals surface area contributed by atoms with E-state index in [9.17, 15) is 0 Å². The molecule has 6 heteroatoms. The van der Waals surface area contributed by atoms with Crippen molar-refractivity contribution < 1.29 is 4.74 Å². The van der Waals surface area contributed by atoms with Crippen molar-refractivity contribution in [1.29, 1.82) is 0 Å². The number of ether oxygens (including phenoxy) is 1. The number of pyridine rings is 1. The third kappa shape index (κ3) is 2.85. The van der Waals surface area contributed by atoms with Gasteiger partial charge in [-0.15, -0.1) is 0 Å². The average Bonchev–Trinajstić information content (AvgIpc) is 2.90. The summed E-state index contributed by atoms with van der Waals surface area (Å²) in [7, 11) is 0. The minimum atomic E-state index is 0.669. The van der Waals surface area contributed by atoms with Gasteiger partial charge in [0.1, 0.15) is 5.52 Å². The summed E-state index contributed by atoms with van der Waals surface area (Å²) in [6.07, 6.45) is 6.35. The molecule has 0 saturated carbocycles. The molecule has 0 unspecified atom stereocenters. The molecule has 2 N–H and O–H groups in total. The largest absolute Gasteiger partial charge is 0.452 e. The number of hydrogen-bond donors (Lipinski definition) is 1. The van der Waals surface area contributed by atoms with Gasteiger partial charge in [-0.05, 0) is 40.5 Å². The minimum absolute atomic E-state index is 0.669. The fourth-order valence-corrected chi connectivity index (χ4v) is 2.48. The van der Waals surface area contributed by atoms with Crippen LogP contribution >= 0.6 is 15.9 Å². The second kappa shape index (κ2) is 5.73. The van der Waals surface area contributed by atoms with E-state index in [-0.39, 0.29) is 0 Å². The molecule has 1 aromatic carbocycles. The summed E-state index contributed by atoms with van der Waals surface area (Å²) in [6.45, 7) is 2.98. The Morgan fingerprint density at radius 3 is 3.00 bits per heavy atom. The fraction of sp³-hybridized carbons (Fsp3) is 0.200. The Labute approximate surface area is 130 Å². The quantitative estimate of drug-likeness (QED) is 0.725. The first-order valence-electron chi connectivity index (χ1n) is 6.71. The van der Waals surface area contributed by atoms with E-state index >= 15 is 0 Å². The van der Waals surface area contributed by atoms with Crippen LogP contribution in [0, 0.1) is 0 Å². The molecule has 0 fully saturated rings. The number of nitrogen functional groups attached to an aromatic ring is 1. The van der Waals surface area contributed by atoms with Gasteiger partial charge in [0.25, 0.3) is 0 Å². The highest BCUT2D eigenvalue weighted by Gasteiger charge is 2.09. The highest BCUT2D eigenvalue weighted by molar-refractivity contribution is 9.10. The van der Waals surface area contributed by atoms with Gasteiger partial charge in [-0.3, -0.25) is 9.67 Å². The molecule has 2 heterocycles. The Kier molecular flexibility index (Phi) is 3.79. The molecule has 3 aromatic rings. The zero-order chi connectivity index (χ0) is 14.8. The Bertz CT molecular complexity index is 784. The van der Waals surface area contributed by atoms with Crippen LogP contribution in [0.3, 0.4) is 0 Å². The second-order valence-corrected chi connectivity index (χ2v) is 5.66. The van der Waals surface area contributed by atoms with Crippen LogP contribution in [0.2, 0.25) is 0 Å². The molecule has 0 bridgehead atoms. The normalized spacial score (nSPS) is 11.0. The molecule has 2 aromatic heterocycles. The molecule has 108 valence electrons. The molecular formula is C15H15BrN4O. The van der Waals surface area contributed by atoms with Crippen LogP contribution in [0.1, 0.15) is 13.3 Å². The van der Waals surface area contributed by atoms with Crippen LogP contribution in [-0.4, -0.2) is 14.8 Å². The summed E-state index contributed by atoms with van der Waals surface area (Å²) >= 11 is 3.41. The summed E-state index contributed by atoms with van der Waals surface area (Å²) in [5.74, 6) is 1.36. The lowest BCUT2D eigenvalue weighted by Crippen LogP contribution is -1.95. The third-order valence-electron chi connectivity index (χ3n) is 3.10. The van der Waals surface area contributed by atoms with E-state index in [0.717, 1.165) is 28.3 Å². The third-order valence-corrected chi connectivity index (χ3v) is 3.54. The number of fused-ring (bicyclic) bond motifs is 1. The van der Waals surface area contributed by atoms with E-state index in [1.165, 1.54) is 0 Å². The van der Waals surface area contributed by atoms with E-state index in [1.54, 1.807) is 12.4 Å². The molecule has 0 aliphatic carbocycles. The van der Waals surface area contributed by atoms with Crippen molar-refractivity contribution >= 4 is 32.5 Å². The summed E-state index contributed by atoms with van der Waals surface area (Å²) in [5.41, 5.74) is 7.41. The second-order valence-electron chi connectivity index (χ2n) is 4.74. The molecule has 0 radical (unpaired) electrons. The van der Waals surface area contributed by atoms with Crippen LogP contribution in [-0.2, 0) is 6.54 Å². The summed E-state index contributed by atoms with van der Waals surface area (Å²) in [6, 6.07) is 5.59. The Morgan fingerprint density at radius 2 is 2.19 bits per heavy atom. The number of aromatic nitrogens is 3. The van der Waals surface area contributed by atoms with E-state index in [4.69, 9.17) is 10.5 Å². The van der Waals surface area contributed by atoms with Crippen LogP contribution in [0.5, 0.6) is 11.5 Å².